The van der Waals surface area contributed by atoms with Gasteiger partial charge in [0.1, 0.15) is 0 Å². The van der Waals surface area contributed by atoms with E-state index in [2.05, 4.69) is 17.1 Å². The van der Waals surface area contributed by atoms with Crippen LogP contribution < -0.4 is 5.32 Å². The summed E-state index contributed by atoms with van der Waals surface area (Å²) in [5.41, 5.74) is 0. The van der Waals surface area contributed by atoms with Crippen LogP contribution in [0.1, 0.15) is 13.3 Å². The third-order valence-electron chi connectivity index (χ3n) is 2.82. The van der Waals surface area contributed by atoms with Gasteiger partial charge >= 0.3 is 0 Å². The highest BCUT2D eigenvalue weighted by Gasteiger charge is 2.17. The maximum Gasteiger partial charge on any atom is 0.0931 e. The first-order valence-electron chi connectivity index (χ1n) is 5.73. The zero-order valence-corrected chi connectivity index (χ0v) is 10.2. The minimum atomic E-state index is 0.195. The van der Waals surface area contributed by atoms with Crippen molar-refractivity contribution < 1.29 is 9.47 Å². The molecule has 0 saturated carbocycles. The Hall–Kier alpha value is -0.160. The van der Waals surface area contributed by atoms with Gasteiger partial charge in [0.05, 0.1) is 12.7 Å². The fourth-order valence-electron chi connectivity index (χ4n) is 2.03. The molecule has 0 aliphatic carbocycles. The summed E-state index contributed by atoms with van der Waals surface area (Å²) in [5.74, 6) is 0. The van der Waals surface area contributed by atoms with Gasteiger partial charge in [0.2, 0.25) is 0 Å². The van der Waals surface area contributed by atoms with Gasteiger partial charge in [0.25, 0.3) is 0 Å². The van der Waals surface area contributed by atoms with Gasteiger partial charge in [-0.3, -0.25) is 4.90 Å². The van der Waals surface area contributed by atoms with Crippen LogP contribution in [-0.2, 0) is 9.47 Å². The lowest BCUT2D eigenvalue weighted by Crippen LogP contribution is -2.41. The first kappa shape index (κ1) is 12.9. The maximum absolute atomic E-state index is 5.38. The van der Waals surface area contributed by atoms with E-state index in [9.17, 15) is 0 Å². The standard InChI is InChI=1S/C11H24N2O2/c1-10-7-13(6-4-5-12-10)8-11(15-3)9-14-2/h10-12H,4-9H2,1-3H3. The largest absolute Gasteiger partial charge is 0.382 e. The van der Waals surface area contributed by atoms with Crippen molar-refractivity contribution in [2.75, 3.05) is 47.0 Å². The molecule has 0 bridgehead atoms. The second-order valence-electron chi connectivity index (χ2n) is 4.28. The molecule has 0 spiro atoms. The Balaban J connectivity index is 2.33. The molecule has 0 amide bonds. The van der Waals surface area contributed by atoms with Crippen LogP contribution >= 0.6 is 0 Å². The molecule has 1 saturated heterocycles. The number of ether oxygens (including phenoxy) is 2. The molecule has 1 heterocycles. The van der Waals surface area contributed by atoms with E-state index in [1.54, 1.807) is 14.2 Å². The number of rotatable bonds is 5. The van der Waals surface area contributed by atoms with Crippen molar-refractivity contribution in [2.24, 2.45) is 0 Å². The first-order valence-corrected chi connectivity index (χ1v) is 5.73. The predicted octanol–water partition coefficient (Wildman–Crippen LogP) is 0.332. The molecule has 4 heteroatoms. The van der Waals surface area contributed by atoms with E-state index in [-0.39, 0.29) is 6.10 Å². The van der Waals surface area contributed by atoms with Crippen molar-refractivity contribution in [3.8, 4) is 0 Å². The fraction of sp³-hybridized carbons (Fsp3) is 1.00. The van der Waals surface area contributed by atoms with E-state index < -0.39 is 0 Å². The molecule has 1 N–H and O–H groups in total. The number of nitrogens with zero attached hydrogens (tertiary/aromatic N) is 1. The van der Waals surface area contributed by atoms with Crippen molar-refractivity contribution >= 4 is 0 Å². The third-order valence-corrected chi connectivity index (χ3v) is 2.82. The molecule has 1 fully saturated rings. The van der Waals surface area contributed by atoms with Crippen LogP contribution in [0.4, 0.5) is 0 Å². The SMILES string of the molecule is COCC(CN1CCCNC(C)C1)OC. The average molecular weight is 216 g/mol. The lowest BCUT2D eigenvalue weighted by Gasteiger charge is -2.26. The molecule has 1 aliphatic heterocycles. The molecule has 1 aliphatic rings. The summed E-state index contributed by atoms with van der Waals surface area (Å²) < 4.78 is 10.5. The van der Waals surface area contributed by atoms with E-state index in [1.807, 2.05) is 0 Å². The highest BCUT2D eigenvalue weighted by Crippen LogP contribution is 2.03. The lowest BCUT2D eigenvalue weighted by atomic mass is 10.3. The van der Waals surface area contributed by atoms with Gasteiger partial charge in [-0.25, -0.2) is 0 Å². The van der Waals surface area contributed by atoms with Gasteiger partial charge in [-0.05, 0) is 26.4 Å². The zero-order valence-electron chi connectivity index (χ0n) is 10.2. The Morgan fingerprint density at radius 3 is 2.93 bits per heavy atom. The molecular formula is C11H24N2O2. The quantitative estimate of drug-likeness (QED) is 0.718. The van der Waals surface area contributed by atoms with Gasteiger partial charge in [0, 0.05) is 33.4 Å². The second-order valence-corrected chi connectivity index (χ2v) is 4.28. The summed E-state index contributed by atoms with van der Waals surface area (Å²) in [6.07, 6.45) is 1.41. The average Bonchev–Trinajstić information content (AvgIpc) is 2.42. The highest BCUT2D eigenvalue weighted by molar-refractivity contribution is 4.75. The normalized spacial score (nSPS) is 26.2. The Morgan fingerprint density at radius 1 is 1.47 bits per heavy atom. The van der Waals surface area contributed by atoms with Crippen molar-refractivity contribution in [3.05, 3.63) is 0 Å². The minimum Gasteiger partial charge on any atom is -0.382 e. The van der Waals surface area contributed by atoms with Crippen LogP contribution in [0.25, 0.3) is 0 Å². The van der Waals surface area contributed by atoms with Crippen LogP contribution in [0.3, 0.4) is 0 Å². The Labute approximate surface area is 92.9 Å². The third kappa shape index (κ3) is 4.93. The van der Waals surface area contributed by atoms with Gasteiger partial charge in [0.15, 0.2) is 0 Å². The predicted molar refractivity (Wildman–Crippen MR) is 61.2 cm³/mol. The molecule has 4 nitrogen and oxygen atoms in total. The Kier molecular flexibility index (Phi) is 6.17. The summed E-state index contributed by atoms with van der Waals surface area (Å²) >= 11 is 0. The van der Waals surface area contributed by atoms with E-state index in [4.69, 9.17) is 9.47 Å². The van der Waals surface area contributed by atoms with Crippen molar-refractivity contribution in [2.45, 2.75) is 25.5 Å². The van der Waals surface area contributed by atoms with E-state index in [0.29, 0.717) is 12.6 Å². The van der Waals surface area contributed by atoms with Gasteiger partial charge in [-0.15, -0.1) is 0 Å². The summed E-state index contributed by atoms with van der Waals surface area (Å²) in [6, 6.07) is 0.576. The molecule has 2 unspecified atom stereocenters. The van der Waals surface area contributed by atoms with Crippen LogP contribution in [0.2, 0.25) is 0 Å². The lowest BCUT2D eigenvalue weighted by molar-refractivity contribution is 0.00607. The molecule has 1 rings (SSSR count). The smallest absolute Gasteiger partial charge is 0.0931 e. The Morgan fingerprint density at radius 2 is 2.27 bits per heavy atom. The molecule has 90 valence electrons. The molecular weight excluding hydrogens is 192 g/mol. The summed E-state index contributed by atoms with van der Waals surface area (Å²) in [6.45, 7) is 7.26. The van der Waals surface area contributed by atoms with Crippen LogP contribution in [0.5, 0.6) is 0 Å². The van der Waals surface area contributed by atoms with Crippen LogP contribution in [0.15, 0.2) is 0 Å². The zero-order chi connectivity index (χ0) is 11.1. The van der Waals surface area contributed by atoms with Crippen LogP contribution in [0, 0.1) is 0 Å². The van der Waals surface area contributed by atoms with Gasteiger partial charge in [-0.1, -0.05) is 0 Å². The monoisotopic (exact) mass is 216 g/mol. The number of nitrogens with one attached hydrogen (secondary N) is 1. The fourth-order valence-corrected chi connectivity index (χ4v) is 2.03. The molecule has 0 aromatic heterocycles. The van der Waals surface area contributed by atoms with Crippen molar-refractivity contribution in [1.29, 1.82) is 0 Å². The first-order chi connectivity index (χ1) is 7.26. The minimum absolute atomic E-state index is 0.195. The van der Waals surface area contributed by atoms with Gasteiger partial charge < -0.3 is 14.8 Å². The van der Waals surface area contributed by atoms with E-state index in [1.165, 1.54) is 6.42 Å². The second kappa shape index (κ2) is 7.17. The Bertz CT molecular complexity index is 167. The van der Waals surface area contributed by atoms with Crippen molar-refractivity contribution in [1.82, 2.24) is 10.2 Å². The molecule has 0 aromatic rings. The summed E-state index contributed by atoms with van der Waals surface area (Å²) in [7, 11) is 3.47. The van der Waals surface area contributed by atoms with Gasteiger partial charge in [-0.2, -0.15) is 0 Å². The molecule has 2 atom stereocenters. The van der Waals surface area contributed by atoms with E-state index in [0.717, 1.165) is 26.2 Å². The molecule has 0 aromatic carbocycles. The number of hydrogen-bond donors (Lipinski definition) is 1. The summed E-state index contributed by atoms with van der Waals surface area (Å²) in [4.78, 5) is 2.46. The maximum atomic E-state index is 5.38. The molecule has 0 radical (unpaired) electrons. The number of methoxy groups -OCH3 is 2. The number of hydrogen-bond acceptors (Lipinski definition) is 4. The van der Waals surface area contributed by atoms with E-state index >= 15 is 0 Å². The highest BCUT2D eigenvalue weighted by atomic mass is 16.5. The molecule has 15 heavy (non-hydrogen) atoms. The topological polar surface area (TPSA) is 33.7 Å². The summed E-state index contributed by atoms with van der Waals surface area (Å²) in [5, 5.41) is 3.48. The van der Waals surface area contributed by atoms with Crippen LogP contribution in [-0.4, -0.2) is 64.1 Å². The van der Waals surface area contributed by atoms with Crippen molar-refractivity contribution in [3.63, 3.8) is 0 Å².